The van der Waals surface area contributed by atoms with E-state index in [2.05, 4.69) is 4.90 Å². The van der Waals surface area contributed by atoms with Gasteiger partial charge in [-0.1, -0.05) is 24.6 Å². The number of methoxy groups -OCH3 is 2. The van der Waals surface area contributed by atoms with Crippen molar-refractivity contribution in [3.8, 4) is 11.5 Å². The third-order valence-corrected chi connectivity index (χ3v) is 8.35. The van der Waals surface area contributed by atoms with Gasteiger partial charge < -0.3 is 24.2 Å². The van der Waals surface area contributed by atoms with Gasteiger partial charge in [-0.3, -0.25) is 9.59 Å². The normalized spacial score (nSPS) is 23.1. The minimum absolute atomic E-state index is 0.0850. The van der Waals surface area contributed by atoms with Crippen LogP contribution in [0.3, 0.4) is 0 Å². The fourth-order valence-corrected chi connectivity index (χ4v) is 6.35. The molecule has 2 saturated heterocycles. The molecular weight excluding hydrogens is 473 g/mol. The van der Waals surface area contributed by atoms with Crippen LogP contribution < -0.4 is 9.47 Å². The number of rotatable bonds is 5. The maximum Gasteiger partial charge on any atom is 0.254 e. The van der Waals surface area contributed by atoms with E-state index in [1.165, 1.54) is 44.4 Å². The molecule has 7 nitrogen and oxygen atoms in total. The number of likely N-dealkylation sites (tertiary alicyclic amines) is 2. The molecule has 2 fully saturated rings. The third-order valence-electron chi connectivity index (χ3n) is 8.35. The molecular formula is C29H36FN3O4. The monoisotopic (exact) mass is 509 g/mol. The molecule has 0 N–H and O–H groups in total. The zero-order valence-corrected chi connectivity index (χ0v) is 21.9. The molecule has 2 unspecified atom stereocenters. The van der Waals surface area contributed by atoms with Crippen LogP contribution in [0.2, 0.25) is 0 Å². The van der Waals surface area contributed by atoms with Gasteiger partial charge in [0.25, 0.3) is 5.91 Å². The van der Waals surface area contributed by atoms with Gasteiger partial charge in [-0.15, -0.1) is 0 Å². The lowest BCUT2D eigenvalue weighted by atomic mass is 9.78. The van der Waals surface area contributed by atoms with E-state index >= 15 is 4.39 Å². The average Bonchev–Trinajstić information content (AvgIpc) is 2.95. The van der Waals surface area contributed by atoms with Crippen molar-refractivity contribution in [2.24, 2.45) is 0 Å². The van der Waals surface area contributed by atoms with Gasteiger partial charge in [0.15, 0.2) is 11.5 Å². The van der Waals surface area contributed by atoms with Crippen molar-refractivity contribution >= 4 is 11.8 Å². The number of piperidine rings is 2. The van der Waals surface area contributed by atoms with E-state index in [1.54, 1.807) is 37.4 Å². The van der Waals surface area contributed by atoms with Crippen molar-refractivity contribution in [3.63, 3.8) is 0 Å². The number of halogens is 1. The highest BCUT2D eigenvalue weighted by molar-refractivity contribution is 6.02. The van der Waals surface area contributed by atoms with Gasteiger partial charge >= 0.3 is 0 Å². The smallest absolute Gasteiger partial charge is 0.254 e. The van der Waals surface area contributed by atoms with Crippen molar-refractivity contribution < 1.29 is 23.5 Å². The van der Waals surface area contributed by atoms with Gasteiger partial charge in [0.05, 0.1) is 26.2 Å². The number of likely N-dealkylation sites (N-methyl/N-ethyl adjacent to an activating group) is 1. The number of hydrogen-bond acceptors (Lipinski definition) is 5. The molecule has 5 rings (SSSR count). The van der Waals surface area contributed by atoms with Gasteiger partial charge in [-0.05, 0) is 62.5 Å². The summed E-state index contributed by atoms with van der Waals surface area (Å²) >= 11 is 0. The molecule has 2 atom stereocenters. The van der Waals surface area contributed by atoms with E-state index in [1.807, 2.05) is 4.90 Å². The first-order chi connectivity index (χ1) is 17.9. The Balaban J connectivity index is 1.52. The number of amides is 2. The van der Waals surface area contributed by atoms with Crippen LogP contribution in [0.15, 0.2) is 36.4 Å². The van der Waals surface area contributed by atoms with E-state index in [0.29, 0.717) is 47.3 Å². The van der Waals surface area contributed by atoms with Gasteiger partial charge in [0, 0.05) is 37.3 Å². The van der Waals surface area contributed by atoms with Crippen LogP contribution in [-0.2, 0) is 4.79 Å². The summed E-state index contributed by atoms with van der Waals surface area (Å²) in [4.78, 5) is 33.8. The Morgan fingerprint density at radius 1 is 0.919 bits per heavy atom. The largest absolute Gasteiger partial charge is 0.493 e. The highest BCUT2D eigenvalue weighted by atomic mass is 19.1. The predicted molar refractivity (Wildman–Crippen MR) is 139 cm³/mol. The molecule has 0 saturated carbocycles. The highest BCUT2D eigenvalue weighted by Crippen LogP contribution is 2.47. The lowest BCUT2D eigenvalue weighted by Crippen LogP contribution is -2.51. The summed E-state index contributed by atoms with van der Waals surface area (Å²) in [5.74, 6) is -0.706. The lowest BCUT2D eigenvalue weighted by molar-refractivity contribution is -0.136. The van der Waals surface area contributed by atoms with Crippen molar-refractivity contribution in [1.82, 2.24) is 14.7 Å². The number of fused-ring (bicyclic) bond motifs is 1. The van der Waals surface area contributed by atoms with Crippen LogP contribution in [-0.4, -0.2) is 80.0 Å². The van der Waals surface area contributed by atoms with Crippen LogP contribution in [0.5, 0.6) is 11.5 Å². The first kappa shape index (κ1) is 25.5. The molecule has 3 aliphatic heterocycles. The van der Waals surface area contributed by atoms with Crippen LogP contribution in [0.25, 0.3) is 0 Å². The molecule has 0 aromatic heterocycles. The number of carbonyl (C=O) groups excluding carboxylic acids is 2. The summed E-state index contributed by atoms with van der Waals surface area (Å²) in [7, 11) is 4.68. The summed E-state index contributed by atoms with van der Waals surface area (Å²) in [5, 5.41) is 0. The molecule has 37 heavy (non-hydrogen) atoms. The lowest BCUT2D eigenvalue weighted by Gasteiger charge is -2.44. The summed E-state index contributed by atoms with van der Waals surface area (Å²) in [5.41, 5.74) is 1.27. The van der Waals surface area contributed by atoms with Crippen LogP contribution in [0.1, 0.15) is 65.5 Å². The van der Waals surface area contributed by atoms with Gasteiger partial charge in [-0.2, -0.15) is 0 Å². The minimum atomic E-state index is -0.772. The van der Waals surface area contributed by atoms with E-state index < -0.39 is 17.8 Å². The van der Waals surface area contributed by atoms with Gasteiger partial charge in [-0.25, -0.2) is 4.39 Å². The first-order valence-corrected chi connectivity index (χ1v) is 13.2. The molecule has 2 aromatic rings. The summed E-state index contributed by atoms with van der Waals surface area (Å²) in [6.07, 6.45) is 5.64. The van der Waals surface area contributed by atoms with Gasteiger partial charge in [0.2, 0.25) is 5.91 Å². The third kappa shape index (κ3) is 4.67. The molecule has 0 aliphatic carbocycles. The molecule has 2 amide bonds. The Labute approximate surface area is 218 Å². The zero-order valence-electron chi connectivity index (χ0n) is 21.9. The zero-order chi connectivity index (χ0) is 26.1. The minimum Gasteiger partial charge on any atom is -0.493 e. The second-order valence-corrected chi connectivity index (χ2v) is 10.3. The standard InChI is InChI=1S/C29H36FN3O4/c1-31-27(20-9-5-6-10-23(20)30)26(21-17-24(36-2)25(37-3)18-22(21)28(31)34)29(35)33-15-11-19(12-16-33)32-13-7-4-8-14-32/h5-6,9-10,17-19,26-27H,4,7-8,11-16H2,1-3H3. The first-order valence-electron chi connectivity index (χ1n) is 13.2. The Kier molecular flexibility index (Phi) is 7.38. The summed E-state index contributed by atoms with van der Waals surface area (Å²) in [6, 6.07) is 9.48. The van der Waals surface area contributed by atoms with Crippen LogP contribution in [0, 0.1) is 5.82 Å². The number of benzene rings is 2. The molecule has 0 spiro atoms. The Morgan fingerprint density at radius 2 is 1.57 bits per heavy atom. The van der Waals surface area contributed by atoms with Crippen molar-refractivity contribution in [2.75, 3.05) is 47.4 Å². The topological polar surface area (TPSA) is 62.3 Å². The maximum absolute atomic E-state index is 15.1. The molecule has 0 radical (unpaired) electrons. The molecule has 198 valence electrons. The maximum atomic E-state index is 15.1. The number of hydrogen-bond donors (Lipinski definition) is 0. The van der Waals surface area contributed by atoms with E-state index in [9.17, 15) is 9.59 Å². The second kappa shape index (κ2) is 10.7. The van der Waals surface area contributed by atoms with E-state index in [-0.39, 0.29) is 11.8 Å². The van der Waals surface area contributed by atoms with Crippen LogP contribution in [0.4, 0.5) is 4.39 Å². The van der Waals surface area contributed by atoms with Crippen molar-refractivity contribution in [2.45, 2.75) is 50.1 Å². The second-order valence-electron chi connectivity index (χ2n) is 10.3. The van der Waals surface area contributed by atoms with Crippen LogP contribution >= 0.6 is 0 Å². The highest BCUT2D eigenvalue weighted by Gasteiger charge is 2.46. The Hall–Kier alpha value is -3.13. The Morgan fingerprint density at radius 3 is 2.22 bits per heavy atom. The Bertz CT molecular complexity index is 1160. The molecule has 2 aromatic carbocycles. The average molecular weight is 510 g/mol. The summed E-state index contributed by atoms with van der Waals surface area (Å²) < 4.78 is 26.1. The van der Waals surface area contributed by atoms with Crippen molar-refractivity contribution in [1.29, 1.82) is 0 Å². The van der Waals surface area contributed by atoms with E-state index in [4.69, 9.17) is 9.47 Å². The number of carbonyl (C=O) groups is 2. The van der Waals surface area contributed by atoms with Crippen molar-refractivity contribution in [3.05, 3.63) is 58.9 Å². The van der Waals surface area contributed by atoms with E-state index in [0.717, 1.165) is 25.9 Å². The number of nitrogens with zero attached hydrogens (tertiary/aromatic N) is 3. The van der Waals surface area contributed by atoms with Gasteiger partial charge in [0.1, 0.15) is 5.82 Å². The fraction of sp³-hybridized carbons (Fsp3) is 0.517. The quantitative estimate of drug-likeness (QED) is 0.604. The fourth-order valence-electron chi connectivity index (χ4n) is 6.35. The molecule has 3 heterocycles. The number of ether oxygens (including phenoxy) is 2. The summed E-state index contributed by atoms with van der Waals surface area (Å²) in [6.45, 7) is 3.58. The molecule has 8 heteroatoms. The molecule has 0 bridgehead atoms. The predicted octanol–water partition coefficient (Wildman–Crippen LogP) is 4.23. The SMILES string of the molecule is COc1cc2c(cc1OC)C(C(=O)N1CCC(N3CCCCC3)CC1)C(c1ccccc1F)N(C)C2=O. The molecule has 3 aliphatic rings.